The molecular weight excluding hydrogens is 448 g/mol. The van der Waals surface area contributed by atoms with E-state index in [4.69, 9.17) is 4.74 Å². The minimum atomic E-state index is -0.616. The van der Waals surface area contributed by atoms with Crippen LogP contribution in [0.4, 0.5) is 4.79 Å². The van der Waals surface area contributed by atoms with Crippen molar-refractivity contribution in [3.8, 4) is 0 Å². The number of fused-ring (bicyclic) bond motifs is 1. The van der Waals surface area contributed by atoms with Gasteiger partial charge in [-0.1, -0.05) is 27.7 Å². The highest BCUT2D eigenvalue weighted by atomic mass is 79.9. The van der Waals surface area contributed by atoms with Crippen molar-refractivity contribution in [3.05, 3.63) is 33.0 Å². The molecule has 0 spiro atoms. The second kappa shape index (κ2) is 10.6. The summed E-state index contributed by atoms with van der Waals surface area (Å²) in [6, 6.07) is 4.72. The Morgan fingerprint density at radius 3 is 2.82 bits per heavy atom. The van der Waals surface area contributed by atoms with Gasteiger partial charge in [0, 0.05) is 31.3 Å². The third-order valence-electron chi connectivity index (χ3n) is 3.87. The molecule has 152 valence electrons. The largest absolute Gasteiger partial charge is 0.382 e. The average molecular weight is 471 g/mol. The first-order valence-electron chi connectivity index (χ1n) is 8.84. The maximum absolute atomic E-state index is 13.0. The molecule has 28 heavy (non-hydrogen) atoms. The molecule has 8 nitrogen and oxygen atoms in total. The van der Waals surface area contributed by atoms with Gasteiger partial charge in [0.2, 0.25) is 5.91 Å². The number of hydrogen-bond acceptors (Lipinski definition) is 6. The monoisotopic (exact) mass is 470 g/mol. The fraction of sp³-hybridized carbons (Fsp3) is 0.444. The minimum absolute atomic E-state index is 0.177. The van der Waals surface area contributed by atoms with E-state index in [9.17, 15) is 14.4 Å². The zero-order valence-electron chi connectivity index (χ0n) is 16.0. The van der Waals surface area contributed by atoms with Crippen molar-refractivity contribution in [1.29, 1.82) is 0 Å². The number of benzene rings is 1. The highest BCUT2D eigenvalue weighted by molar-refractivity contribution is 9.10. The van der Waals surface area contributed by atoms with E-state index in [1.54, 1.807) is 23.6 Å². The fourth-order valence-corrected chi connectivity index (χ4v) is 3.71. The van der Waals surface area contributed by atoms with Gasteiger partial charge >= 0.3 is 6.03 Å². The van der Waals surface area contributed by atoms with Crippen LogP contribution in [0.15, 0.2) is 32.6 Å². The van der Waals surface area contributed by atoms with Gasteiger partial charge in [0.15, 0.2) is 5.16 Å². The summed E-state index contributed by atoms with van der Waals surface area (Å²) in [5.74, 6) is -0.463. The Morgan fingerprint density at radius 1 is 1.39 bits per heavy atom. The molecule has 0 saturated heterocycles. The van der Waals surface area contributed by atoms with Crippen LogP contribution in [-0.4, -0.2) is 47.0 Å². The molecule has 1 atom stereocenters. The van der Waals surface area contributed by atoms with Gasteiger partial charge in [-0.3, -0.25) is 19.5 Å². The predicted octanol–water partition coefficient (Wildman–Crippen LogP) is 2.52. The Bertz CT molecular complexity index is 918. The predicted molar refractivity (Wildman–Crippen MR) is 113 cm³/mol. The lowest BCUT2D eigenvalue weighted by Gasteiger charge is -2.16. The number of aromatic nitrogens is 2. The van der Waals surface area contributed by atoms with Crippen LogP contribution in [0.3, 0.4) is 0 Å². The molecule has 1 aromatic heterocycles. The molecule has 0 aliphatic rings. The first kappa shape index (κ1) is 22.4. The zero-order valence-corrected chi connectivity index (χ0v) is 18.4. The van der Waals surface area contributed by atoms with Crippen LogP contribution in [-0.2, 0) is 16.1 Å². The number of carbonyl (C=O) groups is 2. The number of imide groups is 1. The summed E-state index contributed by atoms with van der Waals surface area (Å²) in [7, 11) is 1.43. The molecule has 2 N–H and O–H groups in total. The zero-order chi connectivity index (χ0) is 20.7. The molecule has 2 aromatic rings. The summed E-state index contributed by atoms with van der Waals surface area (Å²) in [6.45, 7) is 5.12. The van der Waals surface area contributed by atoms with Crippen LogP contribution >= 0.6 is 27.7 Å². The van der Waals surface area contributed by atoms with E-state index in [1.807, 2.05) is 13.0 Å². The smallest absolute Gasteiger partial charge is 0.321 e. The van der Waals surface area contributed by atoms with Crippen LogP contribution in [0.1, 0.15) is 20.3 Å². The number of carbonyl (C=O) groups excluding carboxylic acids is 2. The summed E-state index contributed by atoms with van der Waals surface area (Å²) < 4.78 is 7.71. The number of amides is 3. The van der Waals surface area contributed by atoms with Gasteiger partial charge in [-0.15, -0.1) is 0 Å². The molecule has 1 aromatic carbocycles. The maximum Gasteiger partial charge on any atom is 0.321 e. The lowest BCUT2D eigenvalue weighted by molar-refractivity contribution is -0.119. The molecule has 10 heteroatoms. The first-order chi connectivity index (χ1) is 13.4. The van der Waals surface area contributed by atoms with E-state index >= 15 is 0 Å². The van der Waals surface area contributed by atoms with Gasteiger partial charge in [0.05, 0.1) is 16.2 Å². The van der Waals surface area contributed by atoms with Gasteiger partial charge in [-0.25, -0.2) is 9.78 Å². The molecule has 0 radical (unpaired) electrons. The number of ether oxygens (including phenoxy) is 1. The second-order valence-corrected chi connectivity index (χ2v) is 8.12. The number of halogens is 1. The molecular formula is C18H23BrN4O4S. The molecule has 0 saturated carbocycles. The average Bonchev–Trinajstić information content (AvgIpc) is 2.67. The normalized spacial score (nSPS) is 12.0. The van der Waals surface area contributed by atoms with E-state index in [0.29, 0.717) is 42.2 Å². The van der Waals surface area contributed by atoms with Gasteiger partial charge in [0.25, 0.3) is 5.56 Å². The molecule has 0 bridgehead atoms. The molecule has 1 unspecified atom stereocenters. The van der Waals surface area contributed by atoms with Crippen molar-refractivity contribution < 1.29 is 14.3 Å². The van der Waals surface area contributed by atoms with Crippen molar-refractivity contribution in [1.82, 2.24) is 20.2 Å². The van der Waals surface area contributed by atoms with Crippen LogP contribution in [0, 0.1) is 0 Å². The van der Waals surface area contributed by atoms with Gasteiger partial charge in [-0.2, -0.15) is 0 Å². The van der Waals surface area contributed by atoms with Crippen LogP contribution in [0.2, 0.25) is 0 Å². The van der Waals surface area contributed by atoms with E-state index in [-0.39, 0.29) is 5.56 Å². The van der Waals surface area contributed by atoms with Gasteiger partial charge in [0.1, 0.15) is 0 Å². The Labute approximate surface area is 175 Å². The quantitative estimate of drug-likeness (QED) is 0.349. The molecule has 0 aliphatic carbocycles. The summed E-state index contributed by atoms with van der Waals surface area (Å²) >= 11 is 4.52. The Balaban J connectivity index is 2.35. The summed E-state index contributed by atoms with van der Waals surface area (Å²) in [5.41, 5.74) is 0.375. The third kappa shape index (κ3) is 5.79. The molecule has 2 rings (SSSR count). The second-order valence-electron chi connectivity index (χ2n) is 5.89. The summed E-state index contributed by atoms with van der Waals surface area (Å²) in [6.07, 6.45) is 0.640. The number of nitrogens with zero attached hydrogens (tertiary/aromatic N) is 2. The van der Waals surface area contributed by atoms with E-state index < -0.39 is 17.2 Å². The fourth-order valence-electron chi connectivity index (χ4n) is 2.42. The van der Waals surface area contributed by atoms with E-state index in [0.717, 1.165) is 16.2 Å². The minimum Gasteiger partial charge on any atom is -0.382 e. The van der Waals surface area contributed by atoms with Crippen LogP contribution < -0.4 is 16.2 Å². The lowest BCUT2D eigenvalue weighted by Crippen LogP contribution is -2.41. The third-order valence-corrected chi connectivity index (χ3v) is 5.45. The Kier molecular flexibility index (Phi) is 8.46. The van der Waals surface area contributed by atoms with E-state index in [2.05, 4.69) is 31.5 Å². The number of urea groups is 1. The van der Waals surface area contributed by atoms with Crippen molar-refractivity contribution in [3.63, 3.8) is 0 Å². The van der Waals surface area contributed by atoms with Gasteiger partial charge < -0.3 is 10.1 Å². The highest BCUT2D eigenvalue weighted by Gasteiger charge is 2.20. The summed E-state index contributed by atoms with van der Waals surface area (Å²) in [4.78, 5) is 41.2. The van der Waals surface area contributed by atoms with Crippen molar-refractivity contribution in [2.45, 2.75) is 37.2 Å². The SMILES string of the molecule is CCOCCCn1c(SC(C)C(=O)NC(=O)NC)nc2ccc(Br)cc2c1=O. The van der Waals surface area contributed by atoms with E-state index in [1.165, 1.54) is 7.05 Å². The molecule has 1 heterocycles. The Morgan fingerprint density at radius 2 is 2.14 bits per heavy atom. The summed E-state index contributed by atoms with van der Waals surface area (Å²) in [5, 5.41) is 4.88. The van der Waals surface area contributed by atoms with Gasteiger partial charge in [-0.05, 0) is 38.5 Å². The number of thioether (sulfide) groups is 1. The Hall–Kier alpha value is -1.91. The number of hydrogen-bond donors (Lipinski definition) is 2. The van der Waals surface area contributed by atoms with Crippen molar-refractivity contribution in [2.75, 3.05) is 20.3 Å². The van der Waals surface area contributed by atoms with Crippen molar-refractivity contribution in [2.24, 2.45) is 0 Å². The standard InChI is InChI=1S/C18H23BrN4O4S/c1-4-27-9-5-8-23-16(25)13-10-12(19)6-7-14(13)21-18(23)28-11(2)15(24)22-17(26)20-3/h6-7,10-11H,4-5,8-9H2,1-3H3,(H2,20,22,24,26). The molecule has 0 fully saturated rings. The van der Waals surface area contributed by atoms with Crippen molar-refractivity contribution >= 4 is 50.5 Å². The number of nitrogens with one attached hydrogen (secondary N) is 2. The number of rotatable bonds is 8. The first-order valence-corrected chi connectivity index (χ1v) is 10.5. The molecule has 3 amide bonds. The van der Waals surface area contributed by atoms with Crippen LogP contribution in [0.25, 0.3) is 10.9 Å². The lowest BCUT2D eigenvalue weighted by atomic mass is 10.2. The highest BCUT2D eigenvalue weighted by Crippen LogP contribution is 2.24. The molecule has 0 aliphatic heterocycles. The van der Waals surface area contributed by atoms with Crippen LogP contribution in [0.5, 0.6) is 0 Å². The topological polar surface area (TPSA) is 102 Å². The maximum atomic E-state index is 13.0.